The molecule has 0 amide bonds. The third-order valence-corrected chi connectivity index (χ3v) is 4.07. The van der Waals surface area contributed by atoms with Crippen LogP contribution in [0.3, 0.4) is 0 Å². The zero-order valence-corrected chi connectivity index (χ0v) is 15.1. The summed E-state index contributed by atoms with van der Waals surface area (Å²) in [5.41, 5.74) is 0.962. The zero-order chi connectivity index (χ0) is 20.5. The van der Waals surface area contributed by atoms with Crippen molar-refractivity contribution in [2.45, 2.75) is 19.1 Å². The molecule has 3 heterocycles. The molecule has 2 aromatic heterocycles. The van der Waals surface area contributed by atoms with Gasteiger partial charge < -0.3 is 4.74 Å². The van der Waals surface area contributed by atoms with E-state index in [1.165, 1.54) is 24.4 Å². The Bertz CT molecular complexity index is 812. The molecule has 11 nitrogen and oxygen atoms in total. The number of carbonyl (C=O) groups excluding carboxylic acids is 1. The van der Waals surface area contributed by atoms with E-state index in [0.717, 1.165) is 37.9 Å². The van der Waals surface area contributed by atoms with Crippen LogP contribution >= 0.6 is 0 Å². The maximum atomic E-state index is 10.5. The summed E-state index contributed by atoms with van der Waals surface area (Å²) in [5, 5.41) is 20.6. The molecular formula is C17H19N5O6. The predicted molar refractivity (Wildman–Crippen MR) is 97.9 cm³/mol. The number of aldehydes is 1. The number of rotatable bonds is 6. The van der Waals surface area contributed by atoms with Crippen LogP contribution in [-0.4, -0.2) is 57.3 Å². The summed E-state index contributed by atoms with van der Waals surface area (Å²) in [4.78, 5) is 39.4. The van der Waals surface area contributed by atoms with E-state index in [9.17, 15) is 25.0 Å². The number of carbonyl (C=O) groups is 1. The lowest BCUT2D eigenvalue weighted by atomic mass is 10.3. The maximum Gasteiger partial charge on any atom is 0.287 e. The first-order chi connectivity index (χ1) is 13.4. The maximum absolute atomic E-state index is 10.5. The van der Waals surface area contributed by atoms with Crippen LogP contribution in [0.25, 0.3) is 0 Å². The summed E-state index contributed by atoms with van der Waals surface area (Å²) >= 11 is 0. The van der Waals surface area contributed by atoms with Crippen LogP contribution in [0.2, 0.25) is 0 Å². The Morgan fingerprint density at radius 2 is 1.79 bits per heavy atom. The van der Waals surface area contributed by atoms with E-state index in [-0.39, 0.29) is 17.1 Å². The van der Waals surface area contributed by atoms with Gasteiger partial charge in [-0.25, -0.2) is 4.98 Å². The first-order valence-corrected chi connectivity index (χ1v) is 8.33. The van der Waals surface area contributed by atoms with Crippen molar-refractivity contribution in [2.75, 3.05) is 20.2 Å². The second-order valence-electron chi connectivity index (χ2n) is 5.96. The molecule has 2 aromatic rings. The highest BCUT2D eigenvalue weighted by molar-refractivity contribution is 5.71. The number of nitrogens with zero attached hydrogens (tertiary/aromatic N) is 5. The minimum atomic E-state index is -0.568. The van der Waals surface area contributed by atoms with E-state index in [0.29, 0.717) is 12.4 Å². The van der Waals surface area contributed by atoms with Gasteiger partial charge in [0, 0.05) is 38.9 Å². The van der Waals surface area contributed by atoms with E-state index in [1.54, 1.807) is 13.2 Å². The van der Waals surface area contributed by atoms with Crippen LogP contribution in [0, 0.1) is 20.2 Å². The second-order valence-corrected chi connectivity index (χ2v) is 5.96. The van der Waals surface area contributed by atoms with Gasteiger partial charge in [-0.1, -0.05) is 0 Å². The van der Waals surface area contributed by atoms with Crippen molar-refractivity contribution in [3.05, 3.63) is 68.3 Å². The molecule has 0 aliphatic carbocycles. The van der Waals surface area contributed by atoms with E-state index in [1.807, 2.05) is 0 Å². The first kappa shape index (κ1) is 21.0. The lowest BCUT2D eigenvalue weighted by Crippen LogP contribution is -2.22. The molecule has 148 valence electrons. The Kier molecular flexibility index (Phi) is 7.60. The van der Waals surface area contributed by atoms with Gasteiger partial charge in [-0.05, 0) is 18.6 Å². The summed E-state index contributed by atoms with van der Waals surface area (Å²) < 4.78 is 5.28. The van der Waals surface area contributed by atoms with Crippen molar-refractivity contribution in [3.63, 3.8) is 0 Å². The summed E-state index contributed by atoms with van der Waals surface area (Å²) in [7, 11) is 1.72. The van der Waals surface area contributed by atoms with Gasteiger partial charge in [0.2, 0.25) is 0 Å². The van der Waals surface area contributed by atoms with Gasteiger partial charge in [0.25, 0.3) is 11.4 Å². The fraction of sp³-hybridized carbons (Fsp3) is 0.353. The smallest absolute Gasteiger partial charge is 0.287 e. The standard InChI is InChI=1S/C11H15N3O3.C6H4N2O3/c1-17-11-4-5-13(8-11)7-9-2-3-10(6-12-9)14(15)16;9-4-5-1-2-6(3-7-5)8(10)11/h2-3,6,11H,4-5,7-8H2,1H3;1-4H/t11-;/m0./s1. The lowest BCUT2D eigenvalue weighted by Gasteiger charge is -2.14. The van der Waals surface area contributed by atoms with Crippen molar-refractivity contribution in [1.82, 2.24) is 14.9 Å². The number of likely N-dealkylation sites (tertiary alicyclic amines) is 1. The average molecular weight is 389 g/mol. The molecule has 0 saturated carbocycles. The monoisotopic (exact) mass is 389 g/mol. The van der Waals surface area contributed by atoms with Crippen LogP contribution in [0.5, 0.6) is 0 Å². The van der Waals surface area contributed by atoms with E-state index in [2.05, 4.69) is 14.9 Å². The highest BCUT2D eigenvalue weighted by Gasteiger charge is 2.22. The van der Waals surface area contributed by atoms with Crippen LogP contribution in [0.4, 0.5) is 11.4 Å². The van der Waals surface area contributed by atoms with Crippen molar-refractivity contribution in [1.29, 1.82) is 0 Å². The SMILES string of the molecule is CO[C@H]1CCN(Cc2ccc([N+](=O)[O-])cn2)C1.O=Cc1ccc([N+](=O)[O-])cn1. The topological polar surface area (TPSA) is 142 Å². The number of nitro groups is 2. The molecule has 0 N–H and O–H groups in total. The van der Waals surface area contributed by atoms with Crippen molar-refractivity contribution in [3.8, 4) is 0 Å². The third-order valence-electron chi connectivity index (χ3n) is 4.07. The van der Waals surface area contributed by atoms with Gasteiger partial charge in [-0.2, -0.15) is 0 Å². The zero-order valence-electron chi connectivity index (χ0n) is 15.1. The van der Waals surface area contributed by atoms with Gasteiger partial charge >= 0.3 is 0 Å². The molecule has 0 bridgehead atoms. The largest absolute Gasteiger partial charge is 0.380 e. The second kappa shape index (κ2) is 10.1. The van der Waals surface area contributed by atoms with Crippen molar-refractivity contribution < 1.29 is 19.4 Å². The quantitative estimate of drug-likeness (QED) is 0.412. The third kappa shape index (κ3) is 6.14. The Hall–Kier alpha value is -3.31. The van der Waals surface area contributed by atoms with Crippen molar-refractivity contribution in [2.24, 2.45) is 0 Å². The predicted octanol–water partition coefficient (Wildman–Crippen LogP) is 2.01. The Labute approximate surface area is 160 Å². The number of pyridine rings is 2. The number of hydrogen-bond acceptors (Lipinski definition) is 9. The molecule has 28 heavy (non-hydrogen) atoms. The lowest BCUT2D eigenvalue weighted by molar-refractivity contribution is -0.385. The van der Waals surface area contributed by atoms with Gasteiger partial charge in [0.1, 0.15) is 18.1 Å². The van der Waals surface area contributed by atoms with Gasteiger partial charge in [-0.15, -0.1) is 0 Å². The highest BCUT2D eigenvalue weighted by atomic mass is 16.6. The molecule has 0 radical (unpaired) electrons. The van der Waals surface area contributed by atoms with Crippen LogP contribution in [-0.2, 0) is 11.3 Å². The van der Waals surface area contributed by atoms with Crippen LogP contribution in [0.1, 0.15) is 22.6 Å². The van der Waals surface area contributed by atoms with E-state index in [4.69, 9.17) is 4.74 Å². The Balaban J connectivity index is 0.000000221. The van der Waals surface area contributed by atoms with Gasteiger partial charge in [0.15, 0.2) is 6.29 Å². The van der Waals surface area contributed by atoms with Gasteiger partial charge in [-0.3, -0.25) is 34.9 Å². The van der Waals surface area contributed by atoms with Crippen LogP contribution < -0.4 is 0 Å². The number of aromatic nitrogens is 2. The van der Waals surface area contributed by atoms with Gasteiger partial charge in [0.05, 0.1) is 21.6 Å². The number of ether oxygens (including phenoxy) is 1. The fourth-order valence-electron chi connectivity index (χ4n) is 2.56. The summed E-state index contributed by atoms with van der Waals surface area (Å²) in [6, 6.07) is 5.73. The molecule has 0 spiro atoms. The molecule has 0 aromatic carbocycles. The minimum Gasteiger partial charge on any atom is -0.380 e. The Morgan fingerprint density at radius 1 is 1.14 bits per heavy atom. The molecule has 11 heteroatoms. The van der Waals surface area contributed by atoms with E-state index < -0.39 is 9.85 Å². The average Bonchev–Trinajstić information content (AvgIpc) is 3.16. The molecule has 1 fully saturated rings. The molecule has 1 saturated heterocycles. The number of methoxy groups -OCH3 is 1. The summed E-state index contributed by atoms with van der Waals surface area (Å²) in [6.07, 6.45) is 4.21. The summed E-state index contributed by atoms with van der Waals surface area (Å²) in [5.74, 6) is 0. The molecule has 3 rings (SSSR count). The normalized spacial score (nSPS) is 16.1. The molecule has 1 aliphatic heterocycles. The molecule has 1 aliphatic rings. The molecule has 1 atom stereocenters. The van der Waals surface area contributed by atoms with Crippen LogP contribution in [0.15, 0.2) is 36.7 Å². The Morgan fingerprint density at radius 3 is 2.21 bits per heavy atom. The molecule has 0 unspecified atom stereocenters. The summed E-state index contributed by atoms with van der Waals surface area (Å²) in [6.45, 7) is 2.60. The van der Waals surface area contributed by atoms with E-state index >= 15 is 0 Å². The fourth-order valence-corrected chi connectivity index (χ4v) is 2.56. The number of hydrogen-bond donors (Lipinski definition) is 0. The first-order valence-electron chi connectivity index (χ1n) is 8.33. The molecular weight excluding hydrogens is 370 g/mol. The minimum absolute atomic E-state index is 0.0324. The van der Waals surface area contributed by atoms with Crippen molar-refractivity contribution >= 4 is 17.7 Å². The highest BCUT2D eigenvalue weighted by Crippen LogP contribution is 2.16.